The van der Waals surface area contributed by atoms with E-state index in [2.05, 4.69) is 15.6 Å². The summed E-state index contributed by atoms with van der Waals surface area (Å²) in [7, 11) is 0. The first-order chi connectivity index (χ1) is 14.0. The Kier molecular flexibility index (Phi) is 6.57. The van der Waals surface area contributed by atoms with Crippen LogP contribution in [0.15, 0.2) is 66.1 Å². The molecule has 8 heteroatoms. The van der Waals surface area contributed by atoms with Gasteiger partial charge < -0.3 is 19.8 Å². The zero-order chi connectivity index (χ0) is 20.6. The number of carbonyl (C=O) groups is 2. The summed E-state index contributed by atoms with van der Waals surface area (Å²) in [6.07, 6.45) is 7.73. The standard InChI is InChI=1S/C21H23N5O3/c1-16-7-11-26(20(28)13-16)14-19(27)24-18-5-3-17(4-6-18)21(29)23-8-2-10-25-12-9-22-15-25/h3-7,9,11-13,15H,2,8,10,14H2,1H3,(H,23,29)(H,24,27). The number of benzene rings is 1. The predicted octanol–water partition coefficient (Wildman–Crippen LogP) is 1.81. The molecule has 0 fully saturated rings. The number of amides is 2. The highest BCUT2D eigenvalue weighted by Crippen LogP contribution is 2.10. The molecule has 0 aliphatic rings. The number of rotatable bonds is 8. The fraction of sp³-hybridized carbons (Fsp3) is 0.238. The summed E-state index contributed by atoms with van der Waals surface area (Å²) in [5, 5.41) is 5.59. The molecule has 29 heavy (non-hydrogen) atoms. The van der Waals surface area contributed by atoms with Crippen molar-refractivity contribution < 1.29 is 9.59 Å². The molecule has 0 aliphatic heterocycles. The molecule has 0 radical (unpaired) electrons. The van der Waals surface area contributed by atoms with Gasteiger partial charge in [0.25, 0.3) is 11.5 Å². The SMILES string of the molecule is Cc1ccn(CC(=O)Nc2ccc(C(=O)NCCCn3ccnc3)cc2)c(=O)c1. The molecule has 0 atom stereocenters. The van der Waals surface area contributed by atoms with Crippen molar-refractivity contribution in [2.45, 2.75) is 26.4 Å². The molecule has 1 aromatic carbocycles. The van der Waals surface area contributed by atoms with Crippen LogP contribution >= 0.6 is 0 Å². The van der Waals surface area contributed by atoms with Crippen molar-refractivity contribution in [3.05, 3.63) is 82.8 Å². The second-order valence-corrected chi connectivity index (χ2v) is 6.71. The van der Waals surface area contributed by atoms with E-state index in [0.717, 1.165) is 18.5 Å². The van der Waals surface area contributed by atoms with Crippen molar-refractivity contribution in [1.29, 1.82) is 0 Å². The van der Waals surface area contributed by atoms with Crippen molar-refractivity contribution in [1.82, 2.24) is 19.4 Å². The number of nitrogens with zero attached hydrogens (tertiary/aromatic N) is 3. The van der Waals surface area contributed by atoms with Gasteiger partial charge in [0.2, 0.25) is 5.91 Å². The number of aryl methyl sites for hydroxylation is 2. The quantitative estimate of drug-likeness (QED) is 0.570. The van der Waals surface area contributed by atoms with Crippen LogP contribution < -0.4 is 16.2 Å². The Morgan fingerprint density at radius 1 is 1.10 bits per heavy atom. The fourth-order valence-electron chi connectivity index (χ4n) is 2.78. The van der Waals surface area contributed by atoms with Crippen LogP contribution in [0.5, 0.6) is 0 Å². The van der Waals surface area contributed by atoms with Crippen molar-refractivity contribution in [3.63, 3.8) is 0 Å². The smallest absolute Gasteiger partial charge is 0.251 e. The van der Waals surface area contributed by atoms with Gasteiger partial charge >= 0.3 is 0 Å². The molecule has 3 aromatic rings. The summed E-state index contributed by atoms with van der Waals surface area (Å²) in [6, 6.07) is 9.89. The summed E-state index contributed by atoms with van der Waals surface area (Å²) >= 11 is 0. The number of carbonyl (C=O) groups excluding carboxylic acids is 2. The van der Waals surface area contributed by atoms with Gasteiger partial charge in [-0.1, -0.05) is 0 Å². The number of hydrogen-bond acceptors (Lipinski definition) is 4. The van der Waals surface area contributed by atoms with Gasteiger partial charge in [-0.25, -0.2) is 4.98 Å². The third-order valence-corrected chi connectivity index (χ3v) is 4.33. The average molecular weight is 393 g/mol. The van der Waals surface area contributed by atoms with E-state index in [1.807, 2.05) is 17.7 Å². The molecule has 2 N–H and O–H groups in total. The topological polar surface area (TPSA) is 98.0 Å². The van der Waals surface area contributed by atoms with E-state index >= 15 is 0 Å². The molecule has 150 valence electrons. The summed E-state index contributed by atoms with van der Waals surface area (Å²) in [4.78, 5) is 40.2. The predicted molar refractivity (Wildman–Crippen MR) is 110 cm³/mol. The Morgan fingerprint density at radius 2 is 1.90 bits per heavy atom. The van der Waals surface area contributed by atoms with Gasteiger partial charge in [-0.15, -0.1) is 0 Å². The number of pyridine rings is 1. The van der Waals surface area contributed by atoms with Gasteiger partial charge in [-0.2, -0.15) is 0 Å². The highest BCUT2D eigenvalue weighted by Gasteiger charge is 2.08. The first kappa shape index (κ1) is 20.1. The molecular formula is C21H23N5O3. The molecule has 2 aromatic heterocycles. The minimum atomic E-state index is -0.312. The van der Waals surface area contributed by atoms with Gasteiger partial charge in [0, 0.05) is 49.0 Å². The third kappa shape index (κ3) is 5.90. The average Bonchev–Trinajstić information content (AvgIpc) is 3.21. The van der Waals surface area contributed by atoms with Crippen molar-refractivity contribution >= 4 is 17.5 Å². The van der Waals surface area contributed by atoms with E-state index in [0.29, 0.717) is 17.8 Å². The van der Waals surface area contributed by atoms with Crippen LogP contribution in [0.3, 0.4) is 0 Å². The monoisotopic (exact) mass is 393 g/mol. The van der Waals surface area contributed by atoms with Crippen LogP contribution in [0.25, 0.3) is 0 Å². The molecule has 8 nitrogen and oxygen atoms in total. The summed E-state index contributed by atoms with van der Waals surface area (Å²) < 4.78 is 3.29. The lowest BCUT2D eigenvalue weighted by molar-refractivity contribution is -0.116. The Morgan fingerprint density at radius 3 is 2.59 bits per heavy atom. The van der Waals surface area contributed by atoms with Crippen LogP contribution in [-0.2, 0) is 17.9 Å². The molecule has 0 unspecified atom stereocenters. The van der Waals surface area contributed by atoms with Crippen LogP contribution in [0, 0.1) is 6.92 Å². The minimum absolute atomic E-state index is 0.0712. The molecule has 2 amide bonds. The van der Waals surface area contributed by atoms with Crippen molar-refractivity contribution in [2.75, 3.05) is 11.9 Å². The molecule has 0 saturated carbocycles. The van der Waals surface area contributed by atoms with Crippen LogP contribution in [0.1, 0.15) is 22.3 Å². The van der Waals surface area contributed by atoms with Gasteiger partial charge in [-0.3, -0.25) is 14.4 Å². The van der Waals surface area contributed by atoms with Gasteiger partial charge in [0.05, 0.1) is 6.33 Å². The Bertz CT molecular complexity index is 1020. The van der Waals surface area contributed by atoms with E-state index in [-0.39, 0.29) is 23.9 Å². The minimum Gasteiger partial charge on any atom is -0.352 e. The van der Waals surface area contributed by atoms with Gasteiger partial charge in [-0.05, 0) is 49.2 Å². The maximum atomic E-state index is 12.2. The normalized spacial score (nSPS) is 10.5. The third-order valence-electron chi connectivity index (χ3n) is 4.33. The van der Waals surface area contributed by atoms with Crippen LogP contribution in [-0.4, -0.2) is 32.5 Å². The first-order valence-electron chi connectivity index (χ1n) is 9.32. The number of imidazole rings is 1. The van der Waals surface area contributed by atoms with Gasteiger partial charge in [0.1, 0.15) is 6.54 Å². The molecule has 0 spiro atoms. The van der Waals surface area contributed by atoms with E-state index in [1.165, 1.54) is 10.6 Å². The number of anilines is 1. The van der Waals surface area contributed by atoms with Gasteiger partial charge in [0.15, 0.2) is 0 Å². The molecule has 0 aliphatic carbocycles. The second kappa shape index (κ2) is 9.50. The van der Waals surface area contributed by atoms with E-state index < -0.39 is 0 Å². The molecule has 3 rings (SSSR count). The number of nitrogens with one attached hydrogen (secondary N) is 2. The molecule has 0 saturated heterocycles. The highest BCUT2D eigenvalue weighted by atomic mass is 16.2. The largest absolute Gasteiger partial charge is 0.352 e. The lowest BCUT2D eigenvalue weighted by Crippen LogP contribution is -2.27. The van der Waals surface area contributed by atoms with Crippen molar-refractivity contribution in [3.8, 4) is 0 Å². The molecule has 0 bridgehead atoms. The zero-order valence-electron chi connectivity index (χ0n) is 16.2. The maximum absolute atomic E-state index is 12.2. The summed E-state index contributed by atoms with van der Waals surface area (Å²) in [5.74, 6) is -0.479. The Balaban J connectivity index is 1.46. The molecular weight excluding hydrogens is 370 g/mol. The summed E-state index contributed by atoms with van der Waals surface area (Å²) in [6.45, 7) is 3.09. The van der Waals surface area contributed by atoms with Crippen LogP contribution in [0.2, 0.25) is 0 Å². The fourth-order valence-corrected chi connectivity index (χ4v) is 2.78. The highest BCUT2D eigenvalue weighted by molar-refractivity contribution is 5.95. The first-order valence-corrected chi connectivity index (χ1v) is 9.32. The Labute approximate surface area is 168 Å². The van der Waals surface area contributed by atoms with Crippen molar-refractivity contribution in [2.24, 2.45) is 0 Å². The summed E-state index contributed by atoms with van der Waals surface area (Å²) in [5.41, 5.74) is 1.70. The maximum Gasteiger partial charge on any atom is 0.251 e. The van der Waals surface area contributed by atoms with E-state index in [4.69, 9.17) is 0 Å². The zero-order valence-corrected chi connectivity index (χ0v) is 16.2. The van der Waals surface area contributed by atoms with Crippen LogP contribution in [0.4, 0.5) is 5.69 Å². The Hall–Kier alpha value is -3.68. The molecule has 2 heterocycles. The van der Waals surface area contributed by atoms with E-state index in [1.54, 1.807) is 49.1 Å². The lowest BCUT2D eigenvalue weighted by atomic mass is 10.2. The van der Waals surface area contributed by atoms with E-state index in [9.17, 15) is 14.4 Å². The number of hydrogen-bond donors (Lipinski definition) is 2. The lowest BCUT2D eigenvalue weighted by Gasteiger charge is -2.09. The second-order valence-electron chi connectivity index (χ2n) is 6.71. The number of aromatic nitrogens is 3.